The van der Waals surface area contributed by atoms with Gasteiger partial charge in [0.2, 0.25) is 0 Å². The third-order valence-corrected chi connectivity index (χ3v) is 5.17. The predicted octanol–water partition coefficient (Wildman–Crippen LogP) is 3.10. The molecule has 0 N–H and O–H groups in total. The van der Waals surface area contributed by atoms with Crippen LogP contribution in [0.4, 0.5) is 0 Å². The molecule has 0 atom stereocenters. The normalized spacial score (nSPS) is 12.6. The first-order valence-electron chi connectivity index (χ1n) is 4.94. The monoisotopic (exact) mass is 202 g/mol. The third-order valence-electron chi connectivity index (χ3n) is 2.25. The van der Waals surface area contributed by atoms with Crippen molar-refractivity contribution in [2.45, 2.75) is 38.8 Å². The van der Waals surface area contributed by atoms with Gasteiger partial charge >= 0.3 is 8.56 Å². The zero-order valence-electron chi connectivity index (χ0n) is 9.30. The Kier molecular flexibility index (Phi) is 7.23. The lowest BCUT2D eigenvalue weighted by Crippen LogP contribution is -2.35. The van der Waals surface area contributed by atoms with Gasteiger partial charge in [0.15, 0.2) is 0 Å². The molecule has 0 spiro atoms. The van der Waals surface area contributed by atoms with Crippen LogP contribution in [-0.2, 0) is 8.85 Å². The van der Waals surface area contributed by atoms with E-state index in [1.54, 1.807) is 14.2 Å². The average molecular weight is 202 g/mol. The molecule has 0 bridgehead atoms. The molecule has 3 heteroatoms. The number of hydrogen-bond acceptors (Lipinski definition) is 2. The largest absolute Gasteiger partial charge is 0.398 e. The van der Waals surface area contributed by atoms with Gasteiger partial charge in [0.05, 0.1) is 0 Å². The summed E-state index contributed by atoms with van der Waals surface area (Å²) < 4.78 is 10.8. The quantitative estimate of drug-likeness (QED) is 0.466. The molecule has 78 valence electrons. The molecular weight excluding hydrogens is 180 g/mol. The lowest BCUT2D eigenvalue weighted by atomic mass is 10.3. The van der Waals surface area contributed by atoms with Crippen LogP contribution in [0.2, 0.25) is 12.6 Å². The first-order chi connectivity index (χ1) is 6.18. The SMILES string of the molecule is CCCC=CCC[Si](C)(OC)OC. The Morgan fingerprint density at radius 2 is 1.62 bits per heavy atom. The van der Waals surface area contributed by atoms with Crippen molar-refractivity contribution in [3.63, 3.8) is 0 Å². The summed E-state index contributed by atoms with van der Waals surface area (Å²) in [6.45, 7) is 4.29. The van der Waals surface area contributed by atoms with Gasteiger partial charge in [-0.15, -0.1) is 0 Å². The molecule has 0 radical (unpaired) electrons. The Morgan fingerprint density at radius 1 is 1.08 bits per heavy atom. The molecule has 0 aromatic carbocycles. The fourth-order valence-electron chi connectivity index (χ4n) is 1.04. The van der Waals surface area contributed by atoms with Gasteiger partial charge in [-0.25, -0.2) is 0 Å². The second-order valence-electron chi connectivity index (χ2n) is 3.34. The molecular formula is C10H22O2Si. The van der Waals surface area contributed by atoms with Gasteiger partial charge in [0.1, 0.15) is 0 Å². The molecule has 0 saturated carbocycles. The molecule has 0 aliphatic carbocycles. The van der Waals surface area contributed by atoms with Gasteiger partial charge in [-0.3, -0.25) is 0 Å². The smallest absolute Gasteiger partial charge is 0.334 e. The van der Waals surface area contributed by atoms with E-state index in [0.29, 0.717) is 0 Å². The minimum Gasteiger partial charge on any atom is -0.398 e. The van der Waals surface area contributed by atoms with Crippen molar-refractivity contribution < 1.29 is 8.85 Å². The second kappa shape index (κ2) is 7.30. The van der Waals surface area contributed by atoms with Gasteiger partial charge in [-0.05, 0) is 25.4 Å². The molecule has 0 aliphatic heterocycles. The number of rotatable bonds is 7. The molecule has 0 aromatic heterocycles. The van der Waals surface area contributed by atoms with E-state index < -0.39 is 8.56 Å². The van der Waals surface area contributed by atoms with E-state index in [2.05, 4.69) is 25.6 Å². The van der Waals surface area contributed by atoms with E-state index in [-0.39, 0.29) is 0 Å². The summed E-state index contributed by atoms with van der Waals surface area (Å²) in [6, 6.07) is 1.04. The maximum absolute atomic E-state index is 5.38. The van der Waals surface area contributed by atoms with Gasteiger partial charge in [-0.2, -0.15) is 0 Å². The number of allylic oxidation sites excluding steroid dienone is 2. The van der Waals surface area contributed by atoms with Crippen molar-refractivity contribution in [1.29, 1.82) is 0 Å². The fraction of sp³-hybridized carbons (Fsp3) is 0.800. The highest BCUT2D eigenvalue weighted by Crippen LogP contribution is 2.13. The molecule has 0 aliphatic rings. The van der Waals surface area contributed by atoms with Gasteiger partial charge in [0, 0.05) is 14.2 Å². The van der Waals surface area contributed by atoms with Crippen LogP contribution in [0, 0.1) is 0 Å². The average Bonchev–Trinajstić information content (AvgIpc) is 2.17. The van der Waals surface area contributed by atoms with E-state index in [1.807, 2.05) is 0 Å². The fourth-order valence-corrected chi connectivity index (χ4v) is 2.30. The zero-order valence-corrected chi connectivity index (χ0v) is 10.3. The summed E-state index contributed by atoms with van der Waals surface area (Å²) in [5.41, 5.74) is 0. The number of hydrogen-bond donors (Lipinski definition) is 0. The summed E-state index contributed by atoms with van der Waals surface area (Å²) in [6.07, 6.45) is 7.94. The van der Waals surface area contributed by atoms with Crippen molar-refractivity contribution in [2.24, 2.45) is 0 Å². The number of unbranched alkanes of at least 4 members (excludes halogenated alkanes) is 1. The standard InChI is InChI=1S/C10H22O2Si/c1-5-6-7-8-9-10-13(4,11-2)12-3/h7-8H,5-6,9-10H2,1-4H3. The van der Waals surface area contributed by atoms with E-state index in [9.17, 15) is 0 Å². The van der Waals surface area contributed by atoms with E-state index in [1.165, 1.54) is 12.8 Å². The summed E-state index contributed by atoms with van der Waals surface area (Å²) in [7, 11) is 1.67. The highest BCUT2D eigenvalue weighted by atomic mass is 28.4. The van der Waals surface area contributed by atoms with Crippen LogP contribution in [0.5, 0.6) is 0 Å². The van der Waals surface area contributed by atoms with E-state index >= 15 is 0 Å². The molecule has 0 unspecified atom stereocenters. The van der Waals surface area contributed by atoms with E-state index in [4.69, 9.17) is 8.85 Å². The maximum atomic E-state index is 5.38. The van der Waals surface area contributed by atoms with Gasteiger partial charge in [-0.1, -0.05) is 25.5 Å². The lowest BCUT2D eigenvalue weighted by Gasteiger charge is -2.21. The third kappa shape index (κ3) is 6.02. The van der Waals surface area contributed by atoms with Crippen LogP contribution < -0.4 is 0 Å². The predicted molar refractivity (Wildman–Crippen MR) is 59.1 cm³/mol. The Bertz CT molecular complexity index is 142. The summed E-state index contributed by atoms with van der Waals surface area (Å²) in [5, 5.41) is 0. The van der Waals surface area contributed by atoms with Crippen molar-refractivity contribution in [3.05, 3.63) is 12.2 Å². The van der Waals surface area contributed by atoms with Crippen LogP contribution >= 0.6 is 0 Å². The summed E-state index contributed by atoms with van der Waals surface area (Å²) in [4.78, 5) is 0. The van der Waals surface area contributed by atoms with Crippen LogP contribution in [0.3, 0.4) is 0 Å². The summed E-state index contributed by atoms with van der Waals surface area (Å²) >= 11 is 0. The first kappa shape index (κ1) is 12.9. The minimum atomic E-state index is -1.81. The highest BCUT2D eigenvalue weighted by Gasteiger charge is 2.26. The van der Waals surface area contributed by atoms with Crippen LogP contribution in [0.15, 0.2) is 12.2 Å². The van der Waals surface area contributed by atoms with Gasteiger partial charge in [0.25, 0.3) is 0 Å². The minimum absolute atomic E-state index is 1.04. The second-order valence-corrected chi connectivity index (χ2v) is 6.92. The highest BCUT2D eigenvalue weighted by molar-refractivity contribution is 6.65. The Balaban J connectivity index is 3.61. The topological polar surface area (TPSA) is 18.5 Å². The van der Waals surface area contributed by atoms with Crippen molar-refractivity contribution in [2.75, 3.05) is 14.2 Å². The summed E-state index contributed by atoms with van der Waals surface area (Å²) in [5.74, 6) is 0. The van der Waals surface area contributed by atoms with Crippen LogP contribution in [0.1, 0.15) is 26.2 Å². The maximum Gasteiger partial charge on any atom is 0.334 e. The Morgan fingerprint density at radius 3 is 2.08 bits per heavy atom. The molecule has 0 amide bonds. The lowest BCUT2D eigenvalue weighted by molar-refractivity contribution is 0.250. The molecule has 0 heterocycles. The Labute approximate surface area is 83.2 Å². The molecule has 0 saturated heterocycles. The molecule has 0 fully saturated rings. The van der Waals surface area contributed by atoms with Crippen molar-refractivity contribution in [3.8, 4) is 0 Å². The molecule has 2 nitrogen and oxygen atoms in total. The first-order valence-corrected chi connectivity index (χ1v) is 7.46. The Hall–Kier alpha value is -0.123. The van der Waals surface area contributed by atoms with Crippen LogP contribution in [-0.4, -0.2) is 22.8 Å². The van der Waals surface area contributed by atoms with E-state index in [0.717, 1.165) is 12.5 Å². The molecule has 0 aromatic rings. The van der Waals surface area contributed by atoms with Crippen molar-refractivity contribution in [1.82, 2.24) is 0 Å². The zero-order chi connectivity index (χ0) is 10.2. The van der Waals surface area contributed by atoms with Crippen LogP contribution in [0.25, 0.3) is 0 Å². The molecule has 0 rings (SSSR count). The van der Waals surface area contributed by atoms with Crippen molar-refractivity contribution >= 4 is 8.56 Å². The van der Waals surface area contributed by atoms with Gasteiger partial charge < -0.3 is 8.85 Å². The molecule has 13 heavy (non-hydrogen) atoms.